The van der Waals surface area contributed by atoms with E-state index in [4.69, 9.17) is 5.11 Å². The molecule has 0 aromatic heterocycles. The van der Waals surface area contributed by atoms with E-state index in [9.17, 15) is 0 Å². The molecule has 0 aliphatic carbocycles. The molecule has 19 heavy (non-hydrogen) atoms. The first-order valence-electron chi connectivity index (χ1n) is 7.34. The molecular weight excluding hydrogens is 236 g/mol. The Morgan fingerprint density at radius 2 is 2.05 bits per heavy atom. The molecule has 1 heterocycles. The molecule has 1 aromatic rings. The molecule has 3 heteroatoms. The SMILES string of the molecule is CC(CO)CNC1CCN(C(C)c2ccccc2)C1. The normalized spacial score (nSPS) is 23.4. The van der Waals surface area contributed by atoms with Gasteiger partial charge in [-0.25, -0.2) is 0 Å². The average Bonchev–Trinajstić information content (AvgIpc) is 2.93. The van der Waals surface area contributed by atoms with Crippen LogP contribution in [0.5, 0.6) is 0 Å². The van der Waals surface area contributed by atoms with Gasteiger partial charge in [-0.2, -0.15) is 0 Å². The maximum Gasteiger partial charge on any atom is 0.0468 e. The van der Waals surface area contributed by atoms with Crippen molar-refractivity contribution in [2.24, 2.45) is 5.92 Å². The van der Waals surface area contributed by atoms with Gasteiger partial charge in [0.1, 0.15) is 0 Å². The molecule has 3 nitrogen and oxygen atoms in total. The second kappa shape index (κ2) is 7.04. The molecule has 1 aliphatic rings. The molecule has 106 valence electrons. The van der Waals surface area contributed by atoms with Crippen molar-refractivity contribution in [2.45, 2.75) is 32.4 Å². The molecule has 1 saturated heterocycles. The molecule has 3 atom stereocenters. The van der Waals surface area contributed by atoms with Gasteiger partial charge >= 0.3 is 0 Å². The predicted molar refractivity (Wildman–Crippen MR) is 79.1 cm³/mol. The minimum atomic E-state index is 0.268. The van der Waals surface area contributed by atoms with E-state index in [1.165, 1.54) is 12.0 Å². The lowest BCUT2D eigenvalue weighted by atomic mass is 10.1. The van der Waals surface area contributed by atoms with Crippen molar-refractivity contribution < 1.29 is 5.11 Å². The van der Waals surface area contributed by atoms with Crippen molar-refractivity contribution in [1.29, 1.82) is 0 Å². The molecule has 1 aliphatic heterocycles. The first-order chi connectivity index (χ1) is 9.20. The summed E-state index contributed by atoms with van der Waals surface area (Å²) in [5, 5.41) is 12.6. The van der Waals surface area contributed by atoms with Crippen molar-refractivity contribution in [3.05, 3.63) is 35.9 Å². The first kappa shape index (κ1) is 14.5. The lowest BCUT2D eigenvalue weighted by Gasteiger charge is -2.25. The molecule has 1 fully saturated rings. The highest BCUT2D eigenvalue weighted by molar-refractivity contribution is 5.18. The maximum absolute atomic E-state index is 9.05. The van der Waals surface area contributed by atoms with Crippen LogP contribution in [-0.2, 0) is 0 Å². The van der Waals surface area contributed by atoms with Gasteiger partial charge in [-0.1, -0.05) is 37.3 Å². The zero-order valence-electron chi connectivity index (χ0n) is 12.0. The van der Waals surface area contributed by atoms with Gasteiger partial charge in [-0.15, -0.1) is 0 Å². The monoisotopic (exact) mass is 262 g/mol. The fourth-order valence-electron chi connectivity index (χ4n) is 2.68. The zero-order valence-corrected chi connectivity index (χ0v) is 12.0. The largest absolute Gasteiger partial charge is 0.396 e. The van der Waals surface area contributed by atoms with E-state index in [0.717, 1.165) is 19.6 Å². The molecule has 0 spiro atoms. The summed E-state index contributed by atoms with van der Waals surface area (Å²) in [4.78, 5) is 2.54. The van der Waals surface area contributed by atoms with Crippen molar-refractivity contribution in [3.63, 3.8) is 0 Å². The Morgan fingerprint density at radius 3 is 2.74 bits per heavy atom. The van der Waals surface area contributed by atoms with Gasteiger partial charge in [0.05, 0.1) is 0 Å². The Labute approximate surface area is 116 Å². The fourth-order valence-corrected chi connectivity index (χ4v) is 2.68. The Morgan fingerprint density at radius 1 is 1.32 bits per heavy atom. The summed E-state index contributed by atoms with van der Waals surface area (Å²) in [7, 11) is 0. The number of likely N-dealkylation sites (tertiary alicyclic amines) is 1. The maximum atomic E-state index is 9.05. The standard InChI is InChI=1S/C16H26N2O/c1-13(12-19)10-17-16-8-9-18(11-16)14(2)15-6-4-3-5-7-15/h3-7,13-14,16-17,19H,8-12H2,1-2H3. The predicted octanol–water partition coefficient (Wildman–Crippen LogP) is 2.04. The Hall–Kier alpha value is -0.900. The minimum absolute atomic E-state index is 0.268. The second-order valence-corrected chi connectivity index (χ2v) is 5.76. The van der Waals surface area contributed by atoms with E-state index in [2.05, 4.69) is 54.4 Å². The molecule has 2 rings (SSSR count). The number of aliphatic hydroxyl groups excluding tert-OH is 1. The third-order valence-electron chi connectivity index (χ3n) is 4.12. The van der Waals surface area contributed by atoms with Crippen molar-refractivity contribution >= 4 is 0 Å². The Bertz CT molecular complexity index is 368. The zero-order chi connectivity index (χ0) is 13.7. The number of hydrogen-bond acceptors (Lipinski definition) is 3. The van der Waals surface area contributed by atoms with E-state index in [0.29, 0.717) is 18.0 Å². The number of nitrogens with zero attached hydrogens (tertiary/aromatic N) is 1. The van der Waals surface area contributed by atoms with Gasteiger partial charge in [0.25, 0.3) is 0 Å². The summed E-state index contributed by atoms with van der Waals surface area (Å²) in [6.07, 6.45) is 1.20. The number of aliphatic hydroxyl groups is 1. The molecule has 0 amide bonds. The van der Waals surface area contributed by atoms with Gasteiger partial charge < -0.3 is 10.4 Å². The van der Waals surface area contributed by atoms with Crippen LogP contribution in [-0.4, -0.2) is 42.3 Å². The van der Waals surface area contributed by atoms with Crippen LogP contribution in [0, 0.1) is 5.92 Å². The topological polar surface area (TPSA) is 35.5 Å². The summed E-state index contributed by atoms with van der Waals surface area (Å²) in [6.45, 7) is 7.80. The average molecular weight is 262 g/mol. The van der Waals surface area contributed by atoms with Crippen LogP contribution in [0.4, 0.5) is 0 Å². The number of rotatable bonds is 6. The highest BCUT2D eigenvalue weighted by atomic mass is 16.3. The smallest absolute Gasteiger partial charge is 0.0468 e. The van der Waals surface area contributed by atoms with Gasteiger partial charge in [0.2, 0.25) is 0 Å². The van der Waals surface area contributed by atoms with Crippen LogP contribution < -0.4 is 5.32 Å². The minimum Gasteiger partial charge on any atom is -0.396 e. The lowest BCUT2D eigenvalue weighted by molar-refractivity contribution is 0.225. The highest BCUT2D eigenvalue weighted by Crippen LogP contribution is 2.24. The summed E-state index contributed by atoms with van der Waals surface area (Å²) in [5.41, 5.74) is 1.40. The summed E-state index contributed by atoms with van der Waals surface area (Å²) in [5.74, 6) is 0.348. The van der Waals surface area contributed by atoms with E-state index in [1.807, 2.05) is 0 Å². The molecule has 0 radical (unpaired) electrons. The van der Waals surface area contributed by atoms with Gasteiger partial charge in [-0.05, 0) is 24.8 Å². The van der Waals surface area contributed by atoms with E-state index in [-0.39, 0.29) is 6.61 Å². The third kappa shape index (κ3) is 4.03. The summed E-state index contributed by atoms with van der Waals surface area (Å²) >= 11 is 0. The number of benzene rings is 1. The molecular formula is C16H26N2O. The van der Waals surface area contributed by atoms with Crippen molar-refractivity contribution in [3.8, 4) is 0 Å². The second-order valence-electron chi connectivity index (χ2n) is 5.76. The van der Waals surface area contributed by atoms with Crippen LogP contribution in [0.3, 0.4) is 0 Å². The van der Waals surface area contributed by atoms with Crippen LogP contribution in [0.2, 0.25) is 0 Å². The van der Waals surface area contributed by atoms with Crippen molar-refractivity contribution in [2.75, 3.05) is 26.2 Å². The first-order valence-corrected chi connectivity index (χ1v) is 7.34. The Kier molecular flexibility index (Phi) is 5.37. The number of nitrogens with one attached hydrogen (secondary N) is 1. The van der Waals surface area contributed by atoms with Gasteiger partial charge in [0.15, 0.2) is 0 Å². The molecule has 0 saturated carbocycles. The summed E-state index contributed by atoms with van der Waals surface area (Å²) < 4.78 is 0. The van der Waals surface area contributed by atoms with Crippen LogP contribution in [0.25, 0.3) is 0 Å². The molecule has 3 unspecified atom stereocenters. The quantitative estimate of drug-likeness (QED) is 0.823. The van der Waals surface area contributed by atoms with Crippen molar-refractivity contribution in [1.82, 2.24) is 10.2 Å². The third-order valence-corrected chi connectivity index (χ3v) is 4.12. The lowest BCUT2D eigenvalue weighted by Crippen LogP contribution is -2.36. The van der Waals surface area contributed by atoms with Crippen LogP contribution >= 0.6 is 0 Å². The molecule has 1 aromatic carbocycles. The highest BCUT2D eigenvalue weighted by Gasteiger charge is 2.26. The summed E-state index contributed by atoms with van der Waals surface area (Å²) in [6, 6.07) is 11.8. The van der Waals surface area contributed by atoms with E-state index >= 15 is 0 Å². The van der Waals surface area contributed by atoms with Crippen LogP contribution in [0.15, 0.2) is 30.3 Å². The fraction of sp³-hybridized carbons (Fsp3) is 0.625. The van der Waals surface area contributed by atoms with Gasteiger partial charge in [-0.3, -0.25) is 4.90 Å². The van der Waals surface area contributed by atoms with E-state index in [1.54, 1.807) is 0 Å². The molecule has 2 N–H and O–H groups in total. The Balaban J connectivity index is 1.81. The van der Waals surface area contributed by atoms with Crippen LogP contribution in [0.1, 0.15) is 31.9 Å². The molecule has 0 bridgehead atoms. The van der Waals surface area contributed by atoms with E-state index < -0.39 is 0 Å². The number of hydrogen-bond donors (Lipinski definition) is 2. The van der Waals surface area contributed by atoms with Gasteiger partial charge in [0, 0.05) is 38.3 Å².